The summed E-state index contributed by atoms with van der Waals surface area (Å²) < 4.78 is 5.46. The molecule has 0 radical (unpaired) electrons. The lowest BCUT2D eigenvalue weighted by Gasteiger charge is -2.23. The fourth-order valence-electron chi connectivity index (χ4n) is 3.09. The first-order chi connectivity index (χ1) is 12.3. The summed E-state index contributed by atoms with van der Waals surface area (Å²) in [5.41, 5.74) is 4.23. The number of methoxy groups -OCH3 is 1. The van der Waals surface area contributed by atoms with Crippen LogP contribution in [0.2, 0.25) is 0 Å². The molecule has 0 aromatic heterocycles. The Kier molecular flexibility index (Phi) is 6.81. The lowest BCUT2D eigenvalue weighted by Crippen LogP contribution is -2.39. The summed E-state index contributed by atoms with van der Waals surface area (Å²) in [6, 6.07) is 13.7. The van der Waals surface area contributed by atoms with Gasteiger partial charge in [-0.05, 0) is 44.4 Å². The van der Waals surface area contributed by atoms with Gasteiger partial charge in [0, 0.05) is 17.3 Å². The number of carbonyl (C=O) groups is 1. The van der Waals surface area contributed by atoms with Crippen molar-refractivity contribution in [1.82, 2.24) is 5.32 Å². The van der Waals surface area contributed by atoms with Gasteiger partial charge < -0.3 is 10.1 Å². The number of ether oxygens (including phenoxy) is 1. The maximum absolute atomic E-state index is 12.7. The Hall–Kier alpha value is -2.33. The first-order valence-corrected chi connectivity index (χ1v) is 9.13. The van der Waals surface area contributed by atoms with Crippen LogP contribution >= 0.6 is 0 Å². The van der Waals surface area contributed by atoms with Crippen LogP contribution in [0.4, 0.5) is 5.69 Å². The maximum Gasteiger partial charge on any atom is 0.241 e. The molecule has 1 amide bonds. The fraction of sp³-hybridized carbons (Fsp3) is 0.409. The van der Waals surface area contributed by atoms with Gasteiger partial charge in [0.15, 0.2) is 0 Å². The maximum atomic E-state index is 12.7. The number of carbonyl (C=O) groups excluding carboxylic acids is 1. The average molecular weight is 354 g/mol. The van der Waals surface area contributed by atoms with Crippen molar-refractivity contribution in [2.45, 2.75) is 52.6 Å². The highest BCUT2D eigenvalue weighted by molar-refractivity contribution is 5.95. The van der Waals surface area contributed by atoms with E-state index in [-0.39, 0.29) is 18.0 Å². The minimum atomic E-state index is -0.338. The van der Waals surface area contributed by atoms with Crippen LogP contribution in [0, 0.1) is 6.92 Å². The van der Waals surface area contributed by atoms with Gasteiger partial charge in [0.2, 0.25) is 5.91 Å². The third-order valence-electron chi connectivity index (χ3n) is 4.59. The number of anilines is 1. The van der Waals surface area contributed by atoms with Crippen molar-refractivity contribution in [2.75, 3.05) is 12.4 Å². The Bertz CT molecular complexity index is 756. The van der Waals surface area contributed by atoms with E-state index in [9.17, 15) is 4.79 Å². The third kappa shape index (κ3) is 4.85. The molecule has 0 aliphatic heterocycles. The molecule has 0 saturated carbocycles. The van der Waals surface area contributed by atoms with Crippen molar-refractivity contribution >= 4 is 11.6 Å². The number of nitrogens with one attached hydrogen (secondary N) is 2. The van der Waals surface area contributed by atoms with Crippen LogP contribution in [0.1, 0.15) is 56.3 Å². The van der Waals surface area contributed by atoms with Crippen molar-refractivity contribution in [3.63, 3.8) is 0 Å². The molecule has 2 N–H and O–H groups in total. The van der Waals surface area contributed by atoms with Crippen molar-refractivity contribution in [2.24, 2.45) is 0 Å². The zero-order chi connectivity index (χ0) is 19.3. The van der Waals surface area contributed by atoms with E-state index in [0.29, 0.717) is 5.92 Å². The lowest BCUT2D eigenvalue weighted by molar-refractivity contribution is -0.117. The van der Waals surface area contributed by atoms with E-state index in [4.69, 9.17) is 4.74 Å². The first-order valence-electron chi connectivity index (χ1n) is 9.13. The van der Waals surface area contributed by atoms with Gasteiger partial charge in [-0.3, -0.25) is 10.1 Å². The molecule has 0 bridgehead atoms. The third-order valence-corrected chi connectivity index (χ3v) is 4.59. The highest BCUT2D eigenvalue weighted by Gasteiger charge is 2.20. The van der Waals surface area contributed by atoms with Gasteiger partial charge in [-0.2, -0.15) is 0 Å². The summed E-state index contributed by atoms with van der Waals surface area (Å²) in [5.74, 6) is 1.13. The van der Waals surface area contributed by atoms with Gasteiger partial charge in [0.25, 0.3) is 0 Å². The summed E-state index contributed by atoms with van der Waals surface area (Å²) in [4.78, 5) is 12.7. The van der Waals surface area contributed by atoms with Gasteiger partial charge in [0.05, 0.1) is 13.2 Å². The smallest absolute Gasteiger partial charge is 0.241 e. The largest absolute Gasteiger partial charge is 0.496 e. The number of aryl methyl sites for hydroxylation is 1. The SMILES string of the molecule is COc1ccc(C)cc1C(C)NC(C)C(=O)Nc1ccccc1C(C)C. The number of benzene rings is 2. The number of hydrogen-bond donors (Lipinski definition) is 2. The minimum Gasteiger partial charge on any atom is -0.496 e. The molecular weight excluding hydrogens is 324 g/mol. The molecule has 0 aliphatic carbocycles. The Morgan fingerprint density at radius 3 is 2.35 bits per heavy atom. The molecule has 0 spiro atoms. The normalized spacial score (nSPS) is 13.3. The predicted octanol–water partition coefficient (Wildman–Crippen LogP) is 4.80. The van der Waals surface area contributed by atoms with Gasteiger partial charge in [-0.25, -0.2) is 0 Å². The number of para-hydroxylation sites is 1. The fourth-order valence-corrected chi connectivity index (χ4v) is 3.09. The Balaban J connectivity index is 2.09. The molecule has 2 aromatic carbocycles. The van der Waals surface area contributed by atoms with Crippen LogP contribution < -0.4 is 15.4 Å². The van der Waals surface area contributed by atoms with Crippen LogP contribution in [0.15, 0.2) is 42.5 Å². The van der Waals surface area contributed by atoms with Crippen LogP contribution in [0.25, 0.3) is 0 Å². The van der Waals surface area contributed by atoms with Crippen molar-refractivity contribution in [3.8, 4) is 5.75 Å². The Labute approximate surface area is 157 Å². The molecule has 2 unspecified atom stereocenters. The van der Waals surface area contributed by atoms with Gasteiger partial charge in [0.1, 0.15) is 5.75 Å². The molecule has 0 fully saturated rings. The monoisotopic (exact) mass is 354 g/mol. The molecule has 140 valence electrons. The summed E-state index contributed by atoms with van der Waals surface area (Å²) >= 11 is 0. The van der Waals surface area contributed by atoms with E-state index < -0.39 is 0 Å². The molecule has 2 rings (SSSR count). The molecule has 0 saturated heterocycles. The summed E-state index contributed by atoms with van der Waals surface area (Å²) in [6.45, 7) is 10.2. The van der Waals surface area contributed by atoms with Crippen LogP contribution in [0.5, 0.6) is 5.75 Å². The molecule has 4 nitrogen and oxygen atoms in total. The van der Waals surface area contributed by atoms with Gasteiger partial charge in [-0.15, -0.1) is 0 Å². The Morgan fingerprint density at radius 1 is 1.00 bits per heavy atom. The van der Waals surface area contributed by atoms with Crippen LogP contribution in [0.3, 0.4) is 0 Å². The highest BCUT2D eigenvalue weighted by atomic mass is 16.5. The lowest BCUT2D eigenvalue weighted by atomic mass is 10.0. The Morgan fingerprint density at radius 2 is 1.69 bits per heavy atom. The van der Waals surface area contributed by atoms with E-state index in [1.165, 1.54) is 0 Å². The zero-order valence-electron chi connectivity index (χ0n) is 16.6. The number of rotatable bonds is 7. The first kappa shape index (κ1) is 20.0. The van der Waals surface area contributed by atoms with Crippen molar-refractivity contribution < 1.29 is 9.53 Å². The molecule has 0 heterocycles. The quantitative estimate of drug-likeness (QED) is 0.750. The summed E-state index contributed by atoms with van der Waals surface area (Å²) in [7, 11) is 1.67. The van der Waals surface area contributed by atoms with Crippen LogP contribution in [-0.2, 0) is 4.79 Å². The van der Waals surface area contributed by atoms with E-state index in [1.54, 1.807) is 7.11 Å². The van der Waals surface area contributed by atoms with Crippen LogP contribution in [-0.4, -0.2) is 19.1 Å². The number of amides is 1. The van der Waals surface area contributed by atoms with Gasteiger partial charge in [-0.1, -0.05) is 49.7 Å². The molecule has 2 aromatic rings. The minimum absolute atomic E-state index is 0.00839. The van der Waals surface area contributed by atoms with E-state index in [1.807, 2.05) is 44.2 Å². The molecule has 26 heavy (non-hydrogen) atoms. The molecular formula is C22H30N2O2. The standard InChI is InChI=1S/C22H30N2O2/c1-14(2)18-9-7-8-10-20(18)24-22(25)17(5)23-16(4)19-13-15(3)11-12-21(19)26-6/h7-14,16-17,23H,1-6H3,(H,24,25). The second kappa shape index (κ2) is 8.86. The average Bonchev–Trinajstić information content (AvgIpc) is 2.61. The zero-order valence-corrected chi connectivity index (χ0v) is 16.6. The molecule has 0 aliphatic rings. The number of hydrogen-bond acceptors (Lipinski definition) is 3. The molecule has 2 atom stereocenters. The van der Waals surface area contributed by atoms with E-state index in [0.717, 1.165) is 28.1 Å². The summed E-state index contributed by atoms with van der Waals surface area (Å²) in [5, 5.41) is 6.43. The van der Waals surface area contributed by atoms with Crippen molar-refractivity contribution in [3.05, 3.63) is 59.2 Å². The second-order valence-electron chi connectivity index (χ2n) is 7.09. The summed E-state index contributed by atoms with van der Waals surface area (Å²) in [6.07, 6.45) is 0. The van der Waals surface area contributed by atoms with E-state index in [2.05, 4.69) is 43.5 Å². The highest BCUT2D eigenvalue weighted by Crippen LogP contribution is 2.27. The predicted molar refractivity (Wildman–Crippen MR) is 108 cm³/mol. The van der Waals surface area contributed by atoms with Crippen molar-refractivity contribution in [1.29, 1.82) is 0 Å². The van der Waals surface area contributed by atoms with Gasteiger partial charge >= 0.3 is 0 Å². The van der Waals surface area contributed by atoms with E-state index >= 15 is 0 Å². The second-order valence-corrected chi connectivity index (χ2v) is 7.09. The molecule has 4 heteroatoms. The topological polar surface area (TPSA) is 50.4 Å².